The number of carbonyl (C=O) groups is 2. The number of urea groups is 1. The van der Waals surface area contributed by atoms with E-state index in [-0.39, 0.29) is 24.7 Å². The molecule has 1 heterocycles. The zero-order chi connectivity index (χ0) is 25.9. The number of halogens is 2. The third kappa shape index (κ3) is 8.13. The molecular weight excluding hydrogens is 484 g/mol. The largest absolute Gasteiger partial charge is 0.382 e. The molecule has 0 atom stereocenters. The number of amides is 3. The van der Waals surface area contributed by atoms with Gasteiger partial charge in [0.25, 0.3) is 0 Å². The zero-order valence-electron chi connectivity index (χ0n) is 20.5. The van der Waals surface area contributed by atoms with E-state index in [0.29, 0.717) is 38.8 Å². The minimum absolute atomic E-state index is 0.154. The highest BCUT2D eigenvalue weighted by atomic mass is 32.1. The molecule has 1 N–H and O–H groups in total. The minimum atomic E-state index is -0.886. The summed E-state index contributed by atoms with van der Waals surface area (Å²) in [4.78, 5) is 30.7. The number of hydrogen-bond donors (Lipinski definition) is 1. The van der Waals surface area contributed by atoms with E-state index in [9.17, 15) is 18.4 Å². The molecular formula is C27H31F2N3O3S. The summed E-state index contributed by atoms with van der Waals surface area (Å²) in [6.45, 7) is 5.67. The number of anilines is 1. The van der Waals surface area contributed by atoms with Crippen molar-refractivity contribution in [3.8, 4) is 0 Å². The number of rotatable bonds is 12. The molecule has 2 aromatic carbocycles. The summed E-state index contributed by atoms with van der Waals surface area (Å²) in [6, 6.07) is 13.9. The summed E-state index contributed by atoms with van der Waals surface area (Å²) in [6.07, 6.45) is 0.503. The Bertz CT molecular complexity index is 1140. The van der Waals surface area contributed by atoms with Gasteiger partial charge < -0.3 is 19.9 Å². The van der Waals surface area contributed by atoms with Crippen LogP contribution in [0, 0.1) is 18.6 Å². The molecule has 0 spiro atoms. The minimum Gasteiger partial charge on any atom is -0.382 e. The summed E-state index contributed by atoms with van der Waals surface area (Å²) >= 11 is 1.58. The number of ether oxygens (including phenoxy) is 1. The Balaban J connectivity index is 1.77. The zero-order valence-corrected chi connectivity index (χ0v) is 21.3. The Morgan fingerprint density at radius 1 is 1.03 bits per heavy atom. The van der Waals surface area contributed by atoms with Crippen LogP contribution < -0.4 is 5.32 Å². The highest BCUT2D eigenvalue weighted by Crippen LogP contribution is 2.20. The second-order valence-corrected chi connectivity index (χ2v) is 9.29. The number of aryl methyl sites for hydroxylation is 1. The first kappa shape index (κ1) is 27.3. The highest BCUT2D eigenvalue weighted by Gasteiger charge is 2.23. The maximum atomic E-state index is 14.1. The fourth-order valence-corrected chi connectivity index (χ4v) is 4.50. The SMILES string of the molecule is CCOCCCN(CC(=O)N(Cc1ccccc1)Cc1sccc1C)C(=O)Nc1ccc(F)cc1F. The predicted octanol–water partition coefficient (Wildman–Crippen LogP) is 5.82. The van der Waals surface area contributed by atoms with Gasteiger partial charge in [-0.25, -0.2) is 13.6 Å². The first-order valence-corrected chi connectivity index (χ1v) is 12.7. The molecule has 6 nitrogen and oxygen atoms in total. The van der Waals surface area contributed by atoms with Crippen molar-refractivity contribution in [3.05, 3.63) is 87.6 Å². The predicted molar refractivity (Wildman–Crippen MR) is 138 cm³/mol. The van der Waals surface area contributed by atoms with Crippen LogP contribution in [0.4, 0.5) is 19.3 Å². The Kier molecular flexibility index (Phi) is 10.4. The van der Waals surface area contributed by atoms with Crippen molar-refractivity contribution in [1.82, 2.24) is 9.80 Å². The number of benzene rings is 2. The lowest BCUT2D eigenvalue weighted by Gasteiger charge is -2.28. The van der Waals surface area contributed by atoms with Gasteiger partial charge in [0.2, 0.25) is 5.91 Å². The van der Waals surface area contributed by atoms with Gasteiger partial charge >= 0.3 is 6.03 Å². The van der Waals surface area contributed by atoms with Gasteiger partial charge in [0.1, 0.15) is 18.2 Å². The van der Waals surface area contributed by atoms with Gasteiger partial charge in [-0.1, -0.05) is 30.3 Å². The Morgan fingerprint density at radius 2 is 1.81 bits per heavy atom. The molecule has 0 aliphatic carbocycles. The number of nitrogens with one attached hydrogen (secondary N) is 1. The number of carbonyl (C=O) groups excluding carboxylic acids is 2. The molecule has 1 aromatic heterocycles. The van der Waals surface area contributed by atoms with E-state index in [4.69, 9.17) is 4.74 Å². The van der Waals surface area contributed by atoms with Gasteiger partial charge in [-0.15, -0.1) is 11.3 Å². The van der Waals surface area contributed by atoms with E-state index in [0.717, 1.165) is 28.1 Å². The summed E-state index contributed by atoms with van der Waals surface area (Å²) in [5, 5.41) is 4.45. The summed E-state index contributed by atoms with van der Waals surface area (Å²) in [7, 11) is 0. The lowest BCUT2D eigenvalue weighted by atomic mass is 10.2. The molecule has 3 aromatic rings. The van der Waals surface area contributed by atoms with Crippen molar-refractivity contribution in [2.24, 2.45) is 0 Å². The van der Waals surface area contributed by atoms with E-state index in [1.54, 1.807) is 16.2 Å². The lowest BCUT2D eigenvalue weighted by molar-refractivity contribution is -0.133. The van der Waals surface area contributed by atoms with Crippen LogP contribution in [0.2, 0.25) is 0 Å². The molecule has 0 fully saturated rings. The smallest absolute Gasteiger partial charge is 0.322 e. The maximum absolute atomic E-state index is 14.1. The van der Waals surface area contributed by atoms with Gasteiger partial charge in [-0.2, -0.15) is 0 Å². The summed E-state index contributed by atoms with van der Waals surface area (Å²) in [5.41, 5.74) is 1.92. The van der Waals surface area contributed by atoms with Crippen LogP contribution in [0.25, 0.3) is 0 Å². The first-order chi connectivity index (χ1) is 17.4. The first-order valence-electron chi connectivity index (χ1n) is 11.8. The molecule has 0 saturated heterocycles. The van der Waals surface area contributed by atoms with Crippen LogP contribution in [0.15, 0.2) is 60.0 Å². The molecule has 3 rings (SSSR count). The van der Waals surface area contributed by atoms with Crippen molar-refractivity contribution in [1.29, 1.82) is 0 Å². The van der Waals surface area contributed by atoms with E-state index in [1.807, 2.05) is 55.6 Å². The van der Waals surface area contributed by atoms with Gasteiger partial charge in [-0.05, 0) is 55.0 Å². The van der Waals surface area contributed by atoms with Crippen LogP contribution in [0.3, 0.4) is 0 Å². The molecule has 0 saturated carbocycles. The molecule has 0 radical (unpaired) electrons. The third-order valence-corrected chi connectivity index (χ3v) is 6.59. The normalized spacial score (nSPS) is 10.8. The van der Waals surface area contributed by atoms with Crippen LogP contribution >= 0.6 is 11.3 Å². The molecule has 9 heteroatoms. The molecule has 3 amide bonds. The molecule has 192 valence electrons. The molecule has 36 heavy (non-hydrogen) atoms. The monoisotopic (exact) mass is 515 g/mol. The van der Waals surface area contributed by atoms with Crippen LogP contribution in [-0.4, -0.2) is 48.0 Å². The fourth-order valence-electron chi connectivity index (χ4n) is 3.58. The Labute approximate surface area is 214 Å². The van der Waals surface area contributed by atoms with Crippen molar-refractivity contribution < 1.29 is 23.1 Å². The molecule has 0 unspecified atom stereocenters. The van der Waals surface area contributed by atoms with Crippen LogP contribution in [0.5, 0.6) is 0 Å². The van der Waals surface area contributed by atoms with Crippen molar-refractivity contribution in [3.63, 3.8) is 0 Å². The molecule has 0 bridgehead atoms. The number of nitrogens with zero attached hydrogens (tertiary/aromatic N) is 2. The van der Waals surface area contributed by atoms with Crippen LogP contribution in [0.1, 0.15) is 29.3 Å². The molecule has 0 aliphatic heterocycles. The quantitative estimate of drug-likeness (QED) is 0.309. The standard InChI is InChI=1S/C27H31F2N3O3S/c1-3-35-14-7-13-31(27(34)30-24-11-10-22(28)16-23(24)29)19-26(33)32(17-21-8-5-4-6-9-21)18-25-20(2)12-15-36-25/h4-6,8-12,15-16H,3,7,13-14,17-19H2,1-2H3,(H,30,34). The number of thiophene rings is 1. The van der Waals surface area contributed by atoms with Crippen LogP contribution in [-0.2, 0) is 22.6 Å². The van der Waals surface area contributed by atoms with Crippen molar-refractivity contribution in [2.75, 3.05) is 31.6 Å². The van der Waals surface area contributed by atoms with Gasteiger partial charge in [0, 0.05) is 37.2 Å². The van der Waals surface area contributed by atoms with E-state index < -0.39 is 17.7 Å². The Hall–Kier alpha value is -3.30. The van der Waals surface area contributed by atoms with E-state index in [2.05, 4.69) is 5.32 Å². The topological polar surface area (TPSA) is 61.9 Å². The van der Waals surface area contributed by atoms with Gasteiger partial charge in [0.15, 0.2) is 0 Å². The second kappa shape index (κ2) is 13.7. The lowest BCUT2D eigenvalue weighted by Crippen LogP contribution is -2.44. The van der Waals surface area contributed by atoms with Crippen molar-refractivity contribution in [2.45, 2.75) is 33.4 Å². The maximum Gasteiger partial charge on any atom is 0.322 e. The van der Waals surface area contributed by atoms with Gasteiger partial charge in [0.05, 0.1) is 12.2 Å². The van der Waals surface area contributed by atoms with Crippen molar-refractivity contribution >= 4 is 29.0 Å². The third-order valence-electron chi connectivity index (χ3n) is 5.58. The van der Waals surface area contributed by atoms with Gasteiger partial charge in [-0.3, -0.25) is 4.79 Å². The number of hydrogen-bond acceptors (Lipinski definition) is 4. The average Bonchev–Trinajstić information content (AvgIpc) is 3.27. The summed E-state index contributed by atoms with van der Waals surface area (Å²) < 4.78 is 32.8. The Morgan fingerprint density at radius 3 is 2.47 bits per heavy atom. The summed E-state index contributed by atoms with van der Waals surface area (Å²) in [5.74, 6) is -1.87. The molecule has 0 aliphatic rings. The second-order valence-electron chi connectivity index (χ2n) is 8.29. The highest BCUT2D eigenvalue weighted by molar-refractivity contribution is 7.10. The van der Waals surface area contributed by atoms with E-state index in [1.165, 1.54) is 4.90 Å². The fraction of sp³-hybridized carbons (Fsp3) is 0.333. The average molecular weight is 516 g/mol. The van der Waals surface area contributed by atoms with E-state index >= 15 is 0 Å².